The molecule has 1 amide bonds. The molecule has 0 aromatic rings. The van der Waals surface area contributed by atoms with Gasteiger partial charge in [-0.25, -0.2) is 0 Å². The third kappa shape index (κ3) is 63.3. The Morgan fingerprint density at radius 1 is 0.378 bits per heavy atom. The summed E-state index contributed by atoms with van der Waals surface area (Å²) in [4.78, 5) is 25.2. The van der Waals surface area contributed by atoms with Crippen molar-refractivity contribution in [3.8, 4) is 0 Å². The van der Waals surface area contributed by atoms with E-state index < -0.39 is 49.5 Å². The molecule has 576 valence electrons. The molecule has 1 heterocycles. The molecule has 7 unspecified atom stereocenters. The number of allylic oxidation sites excluding steroid dienone is 7. The summed E-state index contributed by atoms with van der Waals surface area (Å²) in [5, 5.41) is 54.6. The van der Waals surface area contributed by atoms with Gasteiger partial charge in [-0.15, -0.1) is 0 Å². The van der Waals surface area contributed by atoms with E-state index in [0.717, 1.165) is 64.2 Å². The van der Waals surface area contributed by atoms with E-state index in [4.69, 9.17) is 14.2 Å². The third-order valence-electron chi connectivity index (χ3n) is 20.4. The maximum atomic E-state index is 13.1. The van der Waals surface area contributed by atoms with Gasteiger partial charge >= 0.3 is 5.97 Å². The number of ether oxygens (including phenoxy) is 3. The lowest BCUT2D eigenvalue weighted by atomic mass is 9.99. The van der Waals surface area contributed by atoms with Crippen LogP contribution in [0.4, 0.5) is 0 Å². The Kier molecular flexibility index (Phi) is 72.4. The molecule has 0 saturated carbocycles. The summed E-state index contributed by atoms with van der Waals surface area (Å²) in [7, 11) is 0. The van der Waals surface area contributed by atoms with Crippen molar-refractivity contribution in [1.82, 2.24) is 5.32 Å². The smallest absolute Gasteiger partial charge is 0.305 e. The van der Waals surface area contributed by atoms with E-state index in [1.165, 1.54) is 340 Å². The van der Waals surface area contributed by atoms with Gasteiger partial charge in [-0.1, -0.05) is 377 Å². The molecule has 98 heavy (non-hydrogen) atoms. The molecule has 1 rings (SSSR count). The normalized spacial score (nSPS) is 17.4. The zero-order valence-electron chi connectivity index (χ0n) is 64.5. The minimum absolute atomic E-state index is 0.0124. The highest BCUT2D eigenvalue weighted by molar-refractivity contribution is 5.76. The summed E-state index contributed by atoms with van der Waals surface area (Å²) < 4.78 is 16.8. The van der Waals surface area contributed by atoms with Crippen LogP contribution in [0, 0.1) is 0 Å². The van der Waals surface area contributed by atoms with E-state index in [1.807, 2.05) is 6.08 Å². The molecule has 11 heteroatoms. The minimum atomic E-state index is -1.57. The van der Waals surface area contributed by atoms with Crippen LogP contribution in [0.5, 0.6) is 0 Å². The van der Waals surface area contributed by atoms with Crippen molar-refractivity contribution >= 4 is 11.9 Å². The fourth-order valence-electron chi connectivity index (χ4n) is 13.7. The van der Waals surface area contributed by atoms with Crippen molar-refractivity contribution in [2.75, 3.05) is 19.8 Å². The first-order chi connectivity index (χ1) is 48.2. The lowest BCUT2D eigenvalue weighted by Gasteiger charge is -2.40. The van der Waals surface area contributed by atoms with Crippen LogP contribution in [0.1, 0.15) is 431 Å². The average Bonchev–Trinajstić information content (AvgIpc) is 0.825. The molecule has 0 bridgehead atoms. The molecule has 7 atom stereocenters. The topological polar surface area (TPSA) is 175 Å². The van der Waals surface area contributed by atoms with Gasteiger partial charge in [-0.3, -0.25) is 9.59 Å². The highest BCUT2D eigenvalue weighted by Gasteiger charge is 2.44. The zero-order chi connectivity index (χ0) is 70.8. The first-order valence-corrected chi connectivity index (χ1v) is 42.9. The van der Waals surface area contributed by atoms with Gasteiger partial charge in [0.05, 0.1) is 32.0 Å². The SMILES string of the molecule is CCCCCCCCC/C=C\CCCCCCCCCC(=O)OCCCCCCCCCCCCCCCCC/C=C\C/C=C\CCCCCCCCCCCCCCCCCCCC(=O)NC(COC1OC(CO)C(O)C(O)C1O)C(O)/C=C/CCCCCCCCCCCCC. The molecule has 1 fully saturated rings. The number of amides is 1. The Morgan fingerprint density at radius 2 is 0.684 bits per heavy atom. The molecule has 11 nitrogen and oxygen atoms in total. The molecule has 6 N–H and O–H groups in total. The maximum absolute atomic E-state index is 13.1. The number of carbonyl (C=O) groups excluding carboxylic acids is 2. The molecule has 0 radical (unpaired) electrons. The second-order valence-corrected chi connectivity index (χ2v) is 29.9. The number of hydrogen-bond donors (Lipinski definition) is 6. The van der Waals surface area contributed by atoms with Crippen LogP contribution in [0.25, 0.3) is 0 Å². The van der Waals surface area contributed by atoms with Gasteiger partial charge in [-0.05, 0) is 89.9 Å². The van der Waals surface area contributed by atoms with Crippen LogP contribution >= 0.6 is 0 Å². The number of hydrogen-bond acceptors (Lipinski definition) is 10. The van der Waals surface area contributed by atoms with Crippen molar-refractivity contribution < 1.29 is 49.3 Å². The zero-order valence-corrected chi connectivity index (χ0v) is 64.5. The summed E-state index contributed by atoms with van der Waals surface area (Å²) >= 11 is 0. The lowest BCUT2D eigenvalue weighted by molar-refractivity contribution is -0.302. The number of aliphatic hydroxyl groups is 5. The summed E-state index contributed by atoms with van der Waals surface area (Å²) in [6.07, 6.45) is 91.6. The maximum Gasteiger partial charge on any atom is 0.305 e. The van der Waals surface area contributed by atoms with Crippen LogP contribution in [0.15, 0.2) is 48.6 Å². The van der Waals surface area contributed by atoms with Crippen LogP contribution in [0.2, 0.25) is 0 Å². The first kappa shape index (κ1) is 93.6. The van der Waals surface area contributed by atoms with Crippen molar-refractivity contribution in [2.24, 2.45) is 0 Å². The standard InChI is InChI=1S/C87H163NO10/c1-3-5-7-9-11-13-15-17-18-19-44-47-51-55-59-63-67-71-75-83(92)96-76-72-68-64-60-56-52-48-45-42-40-38-36-34-32-30-28-26-24-22-20-21-23-25-27-29-31-33-35-37-39-41-43-46-50-54-58-62-66-70-74-82(91)88-79(78-97-87-86(95)85(94)84(93)81(77-89)98-87)80(90)73-69-65-61-57-53-49-16-14-12-10-8-6-4-2/h18-21,24,26,69,73,79-81,84-87,89-90,93-95H,3-17,22-23,25,27-68,70-72,74-78H2,1-2H3,(H,88,91)/b19-18-,21-20-,26-24-,73-69+. The number of unbranched alkanes of at least 4 members (excludes halogenated alkanes) is 57. The van der Waals surface area contributed by atoms with Crippen LogP contribution < -0.4 is 5.32 Å². The first-order valence-electron chi connectivity index (χ1n) is 42.9. The summed E-state index contributed by atoms with van der Waals surface area (Å²) in [6, 6.07) is -0.808. The van der Waals surface area contributed by atoms with Crippen molar-refractivity contribution in [2.45, 2.75) is 474 Å². The predicted molar refractivity (Wildman–Crippen MR) is 417 cm³/mol. The van der Waals surface area contributed by atoms with E-state index in [2.05, 4.69) is 55.6 Å². The molecule has 0 aromatic carbocycles. The fourth-order valence-corrected chi connectivity index (χ4v) is 13.7. The number of esters is 1. The molecule has 1 saturated heterocycles. The number of carbonyl (C=O) groups is 2. The van der Waals surface area contributed by atoms with E-state index in [0.29, 0.717) is 19.4 Å². The molecular weight excluding hydrogens is 1220 g/mol. The summed E-state index contributed by atoms with van der Waals surface area (Å²) in [5.41, 5.74) is 0. The van der Waals surface area contributed by atoms with Gasteiger partial charge in [0.2, 0.25) is 5.91 Å². The molecule has 1 aliphatic heterocycles. The van der Waals surface area contributed by atoms with E-state index in [-0.39, 0.29) is 18.5 Å². The van der Waals surface area contributed by atoms with Crippen LogP contribution in [-0.2, 0) is 23.8 Å². The van der Waals surface area contributed by atoms with E-state index >= 15 is 0 Å². The quantitative estimate of drug-likeness (QED) is 0.0195. The van der Waals surface area contributed by atoms with Crippen molar-refractivity contribution in [1.29, 1.82) is 0 Å². The molecule has 0 spiro atoms. The van der Waals surface area contributed by atoms with Gasteiger partial charge < -0.3 is 45.1 Å². The number of nitrogens with one attached hydrogen (secondary N) is 1. The number of aliphatic hydroxyl groups excluding tert-OH is 5. The average molecular weight is 1380 g/mol. The van der Waals surface area contributed by atoms with Gasteiger partial charge in [-0.2, -0.15) is 0 Å². The Labute approximate surface area is 606 Å². The Hall–Kier alpha value is -2.38. The van der Waals surface area contributed by atoms with Gasteiger partial charge in [0.25, 0.3) is 0 Å². The van der Waals surface area contributed by atoms with Crippen molar-refractivity contribution in [3.63, 3.8) is 0 Å². The van der Waals surface area contributed by atoms with Crippen LogP contribution in [-0.4, -0.2) is 100 Å². The Balaban J connectivity index is 1.88. The second-order valence-electron chi connectivity index (χ2n) is 29.9. The van der Waals surface area contributed by atoms with Gasteiger partial charge in [0, 0.05) is 12.8 Å². The van der Waals surface area contributed by atoms with Gasteiger partial charge in [0.1, 0.15) is 24.4 Å². The minimum Gasteiger partial charge on any atom is -0.466 e. The Morgan fingerprint density at radius 3 is 1.04 bits per heavy atom. The highest BCUT2D eigenvalue weighted by atomic mass is 16.7. The lowest BCUT2D eigenvalue weighted by Crippen LogP contribution is -2.60. The predicted octanol–water partition coefficient (Wildman–Crippen LogP) is 23.8. The molecule has 0 aromatic heterocycles. The Bertz CT molecular complexity index is 1770. The second kappa shape index (κ2) is 75.8. The van der Waals surface area contributed by atoms with E-state index in [1.54, 1.807) is 6.08 Å². The van der Waals surface area contributed by atoms with E-state index in [9.17, 15) is 35.1 Å². The summed E-state index contributed by atoms with van der Waals surface area (Å²) in [6.45, 7) is 4.40. The fraction of sp³-hybridized carbons (Fsp3) is 0.885. The number of rotatable bonds is 77. The molecule has 0 aliphatic carbocycles. The summed E-state index contributed by atoms with van der Waals surface area (Å²) in [5.74, 6) is -0.164. The monoisotopic (exact) mass is 1380 g/mol. The largest absolute Gasteiger partial charge is 0.466 e. The van der Waals surface area contributed by atoms with Crippen molar-refractivity contribution in [3.05, 3.63) is 48.6 Å². The van der Waals surface area contributed by atoms with Crippen LogP contribution in [0.3, 0.4) is 0 Å². The third-order valence-corrected chi connectivity index (χ3v) is 20.4. The van der Waals surface area contributed by atoms with Gasteiger partial charge in [0.15, 0.2) is 6.29 Å². The highest BCUT2D eigenvalue weighted by Crippen LogP contribution is 2.24. The molecular formula is C87H163NO10. The molecule has 1 aliphatic rings.